The van der Waals surface area contributed by atoms with Crippen LogP contribution in [-0.4, -0.2) is 27.1 Å². The van der Waals surface area contributed by atoms with Crippen molar-refractivity contribution >= 4 is 11.0 Å². The van der Waals surface area contributed by atoms with Crippen LogP contribution in [0.25, 0.3) is 22.2 Å². The fourth-order valence-electron chi connectivity index (χ4n) is 2.96. The summed E-state index contributed by atoms with van der Waals surface area (Å²) in [5.74, 6) is 0.577. The van der Waals surface area contributed by atoms with Crippen LogP contribution in [0.5, 0.6) is 5.88 Å². The van der Waals surface area contributed by atoms with Crippen LogP contribution in [0.4, 0.5) is 0 Å². The molecule has 0 radical (unpaired) electrons. The summed E-state index contributed by atoms with van der Waals surface area (Å²) in [5.41, 5.74) is 6.02. The number of fused-ring (bicyclic) bond motifs is 1. The van der Waals surface area contributed by atoms with Gasteiger partial charge in [0, 0.05) is 0 Å². The molecule has 0 saturated carbocycles. The SMILES string of the molecule is COc1ncc2nnn(Cc3ccccc3)c2c1-c1ccc(C)cc1. The van der Waals surface area contributed by atoms with E-state index < -0.39 is 0 Å². The molecule has 0 aliphatic rings. The summed E-state index contributed by atoms with van der Waals surface area (Å²) in [7, 11) is 1.64. The van der Waals surface area contributed by atoms with Gasteiger partial charge in [0.25, 0.3) is 0 Å². The molecule has 4 aromatic rings. The number of aromatic nitrogens is 4. The van der Waals surface area contributed by atoms with Crippen molar-refractivity contribution in [1.29, 1.82) is 0 Å². The van der Waals surface area contributed by atoms with Crippen LogP contribution < -0.4 is 4.74 Å². The molecule has 2 aromatic carbocycles. The van der Waals surface area contributed by atoms with Crippen molar-refractivity contribution in [2.75, 3.05) is 7.11 Å². The Morgan fingerprint density at radius 2 is 1.76 bits per heavy atom. The second-order valence-corrected chi connectivity index (χ2v) is 5.98. The minimum atomic E-state index is 0.577. The molecule has 0 amide bonds. The van der Waals surface area contributed by atoms with E-state index in [1.807, 2.05) is 22.9 Å². The zero-order valence-electron chi connectivity index (χ0n) is 14.2. The molecule has 2 heterocycles. The Morgan fingerprint density at radius 1 is 1.00 bits per heavy atom. The summed E-state index contributed by atoms with van der Waals surface area (Å²) in [6.45, 7) is 2.71. The Labute approximate surface area is 145 Å². The Hall–Kier alpha value is -3.21. The molecule has 5 nitrogen and oxygen atoms in total. The van der Waals surface area contributed by atoms with Gasteiger partial charge in [-0.25, -0.2) is 9.67 Å². The topological polar surface area (TPSA) is 52.8 Å². The monoisotopic (exact) mass is 330 g/mol. The summed E-state index contributed by atoms with van der Waals surface area (Å²) in [5, 5.41) is 8.63. The summed E-state index contributed by atoms with van der Waals surface area (Å²) >= 11 is 0. The van der Waals surface area contributed by atoms with Gasteiger partial charge in [-0.05, 0) is 18.1 Å². The summed E-state index contributed by atoms with van der Waals surface area (Å²) < 4.78 is 7.44. The number of methoxy groups -OCH3 is 1. The van der Waals surface area contributed by atoms with Crippen molar-refractivity contribution in [2.45, 2.75) is 13.5 Å². The van der Waals surface area contributed by atoms with Crippen molar-refractivity contribution < 1.29 is 4.74 Å². The average Bonchev–Trinajstić information content (AvgIpc) is 3.05. The molecule has 5 heteroatoms. The molecule has 25 heavy (non-hydrogen) atoms. The quantitative estimate of drug-likeness (QED) is 0.570. The molecule has 0 unspecified atom stereocenters. The lowest BCUT2D eigenvalue weighted by Gasteiger charge is -2.11. The normalized spacial score (nSPS) is 11.0. The second-order valence-electron chi connectivity index (χ2n) is 5.98. The molecule has 4 rings (SSSR count). The molecule has 0 spiro atoms. The zero-order valence-corrected chi connectivity index (χ0v) is 14.2. The number of hydrogen-bond donors (Lipinski definition) is 0. The Morgan fingerprint density at radius 3 is 2.48 bits per heavy atom. The molecule has 0 saturated heterocycles. The van der Waals surface area contributed by atoms with E-state index in [0.717, 1.165) is 22.2 Å². The largest absolute Gasteiger partial charge is 0.480 e. The summed E-state index contributed by atoms with van der Waals surface area (Å²) in [4.78, 5) is 4.41. The van der Waals surface area contributed by atoms with E-state index in [-0.39, 0.29) is 0 Å². The third-order valence-corrected chi connectivity index (χ3v) is 4.22. The standard InChI is InChI=1S/C20H18N4O/c1-14-8-10-16(11-9-14)18-19-17(12-21-20(18)25-2)22-23-24(19)13-15-6-4-3-5-7-15/h3-12H,13H2,1-2H3. The Kier molecular flexibility index (Phi) is 3.90. The maximum Gasteiger partial charge on any atom is 0.223 e. The second kappa shape index (κ2) is 6.36. The predicted octanol–water partition coefficient (Wildman–Crippen LogP) is 3.86. The van der Waals surface area contributed by atoms with E-state index in [9.17, 15) is 0 Å². The number of nitrogens with zero attached hydrogens (tertiary/aromatic N) is 4. The lowest BCUT2D eigenvalue weighted by Crippen LogP contribution is -2.03. The van der Waals surface area contributed by atoms with Crippen LogP contribution in [0.3, 0.4) is 0 Å². The number of ether oxygens (including phenoxy) is 1. The van der Waals surface area contributed by atoms with E-state index in [0.29, 0.717) is 12.4 Å². The third-order valence-electron chi connectivity index (χ3n) is 4.22. The molecule has 0 aliphatic heterocycles. The molecule has 0 N–H and O–H groups in total. The van der Waals surface area contributed by atoms with Crippen LogP contribution in [0.1, 0.15) is 11.1 Å². The molecular formula is C20H18N4O. The molecule has 2 aromatic heterocycles. The van der Waals surface area contributed by atoms with E-state index in [2.05, 4.69) is 58.6 Å². The van der Waals surface area contributed by atoms with Crippen LogP contribution in [0.15, 0.2) is 60.8 Å². The summed E-state index contributed by atoms with van der Waals surface area (Å²) in [6, 6.07) is 18.5. The number of hydrogen-bond acceptors (Lipinski definition) is 4. The first kappa shape index (κ1) is 15.3. The number of aryl methyl sites for hydroxylation is 1. The van der Waals surface area contributed by atoms with Crippen LogP contribution in [0.2, 0.25) is 0 Å². The van der Waals surface area contributed by atoms with Gasteiger partial charge in [0.1, 0.15) is 11.0 Å². The fourth-order valence-corrected chi connectivity index (χ4v) is 2.96. The minimum absolute atomic E-state index is 0.577. The first-order chi connectivity index (χ1) is 12.3. The van der Waals surface area contributed by atoms with Crippen LogP contribution in [-0.2, 0) is 6.54 Å². The van der Waals surface area contributed by atoms with Gasteiger partial charge >= 0.3 is 0 Å². The Balaban J connectivity index is 1.92. The third kappa shape index (κ3) is 2.85. The van der Waals surface area contributed by atoms with Gasteiger partial charge in [-0.3, -0.25) is 0 Å². The zero-order chi connectivity index (χ0) is 17.2. The molecule has 0 aliphatic carbocycles. The van der Waals surface area contributed by atoms with E-state index in [4.69, 9.17) is 4.74 Å². The first-order valence-electron chi connectivity index (χ1n) is 8.13. The van der Waals surface area contributed by atoms with E-state index in [1.54, 1.807) is 13.3 Å². The number of rotatable bonds is 4. The molecular weight excluding hydrogens is 312 g/mol. The highest BCUT2D eigenvalue weighted by atomic mass is 16.5. The number of pyridine rings is 1. The van der Waals surface area contributed by atoms with Gasteiger partial charge in [-0.15, -0.1) is 5.10 Å². The smallest absolute Gasteiger partial charge is 0.223 e. The van der Waals surface area contributed by atoms with Gasteiger partial charge in [-0.1, -0.05) is 65.4 Å². The summed E-state index contributed by atoms with van der Waals surface area (Å²) in [6.07, 6.45) is 1.71. The molecule has 124 valence electrons. The van der Waals surface area contributed by atoms with Gasteiger partial charge in [0.05, 0.1) is 25.4 Å². The highest BCUT2D eigenvalue weighted by Gasteiger charge is 2.18. The highest BCUT2D eigenvalue weighted by molar-refractivity contribution is 5.94. The molecule has 0 fully saturated rings. The van der Waals surface area contributed by atoms with Gasteiger partial charge in [0.2, 0.25) is 5.88 Å². The molecule has 0 atom stereocenters. The van der Waals surface area contributed by atoms with E-state index in [1.165, 1.54) is 11.1 Å². The van der Waals surface area contributed by atoms with Crippen LogP contribution >= 0.6 is 0 Å². The van der Waals surface area contributed by atoms with Crippen molar-refractivity contribution in [1.82, 2.24) is 20.0 Å². The van der Waals surface area contributed by atoms with Crippen molar-refractivity contribution in [3.8, 4) is 17.0 Å². The maximum absolute atomic E-state index is 5.53. The highest BCUT2D eigenvalue weighted by Crippen LogP contribution is 2.34. The lowest BCUT2D eigenvalue weighted by molar-refractivity contribution is 0.400. The van der Waals surface area contributed by atoms with Crippen molar-refractivity contribution in [3.63, 3.8) is 0 Å². The number of benzene rings is 2. The van der Waals surface area contributed by atoms with Gasteiger partial charge < -0.3 is 4.74 Å². The van der Waals surface area contributed by atoms with Crippen molar-refractivity contribution in [2.24, 2.45) is 0 Å². The predicted molar refractivity (Wildman–Crippen MR) is 97.6 cm³/mol. The fraction of sp³-hybridized carbons (Fsp3) is 0.150. The van der Waals surface area contributed by atoms with E-state index >= 15 is 0 Å². The minimum Gasteiger partial charge on any atom is -0.480 e. The lowest BCUT2D eigenvalue weighted by atomic mass is 10.0. The van der Waals surface area contributed by atoms with Crippen molar-refractivity contribution in [3.05, 3.63) is 71.9 Å². The van der Waals surface area contributed by atoms with Crippen LogP contribution in [0, 0.1) is 6.92 Å². The Bertz CT molecular complexity index is 1010. The van der Waals surface area contributed by atoms with Gasteiger partial charge in [0.15, 0.2) is 0 Å². The first-order valence-corrected chi connectivity index (χ1v) is 8.13. The maximum atomic E-state index is 5.53. The molecule has 0 bridgehead atoms. The average molecular weight is 330 g/mol. The van der Waals surface area contributed by atoms with Gasteiger partial charge in [-0.2, -0.15) is 0 Å².